The number of carbonyl (C=O) groups excluding carboxylic acids is 1. The molecule has 1 N–H and O–H groups in total. The summed E-state index contributed by atoms with van der Waals surface area (Å²) in [7, 11) is 0. The van der Waals surface area contributed by atoms with E-state index >= 15 is 0 Å². The highest BCUT2D eigenvalue weighted by Gasteiger charge is 2.22. The fourth-order valence-electron chi connectivity index (χ4n) is 3.01. The van der Waals surface area contributed by atoms with Crippen LogP contribution in [0.3, 0.4) is 0 Å². The minimum absolute atomic E-state index is 0.0390. The van der Waals surface area contributed by atoms with Gasteiger partial charge in [0.05, 0.1) is 10.7 Å². The molecule has 0 saturated heterocycles. The predicted molar refractivity (Wildman–Crippen MR) is 97.3 cm³/mol. The maximum atomic E-state index is 12.1. The summed E-state index contributed by atoms with van der Waals surface area (Å²) >= 11 is 1.13. The van der Waals surface area contributed by atoms with Crippen molar-refractivity contribution in [3.8, 4) is 0 Å². The SMILES string of the molecule is Cc1ccc(NC(=O)CSc2nnc(C3CCCCC3)o2)c([N+](=O)[O-])c1. The topological polar surface area (TPSA) is 111 Å². The Morgan fingerprint density at radius 2 is 2.12 bits per heavy atom. The van der Waals surface area contributed by atoms with Crippen LogP contribution in [0.25, 0.3) is 0 Å². The molecule has 8 nitrogen and oxygen atoms in total. The summed E-state index contributed by atoms with van der Waals surface area (Å²) in [6, 6.07) is 4.67. The number of rotatable bonds is 6. The molecule has 1 aliphatic rings. The number of aromatic nitrogens is 2. The van der Waals surface area contributed by atoms with Crippen molar-refractivity contribution in [2.75, 3.05) is 11.1 Å². The number of hydrogen-bond donors (Lipinski definition) is 1. The summed E-state index contributed by atoms with van der Waals surface area (Å²) in [6.07, 6.45) is 5.71. The van der Waals surface area contributed by atoms with Gasteiger partial charge in [-0.2, -0.15) is 0 Å². The van der Waals surface area contributed by atoms with Crippen LogP contribution < -0.4 is 5.32 Å². The molecule has 138 valence electrons. The Balaban J connectivity index is 1.56. The Hall–Kier alpha value is -2.42. The zero-order chi connectivity index (χ0) is 18.5. The van der Waals surface area contributed by atoms with E-state index in [1.807, 2.05) is 0 Å². The second-order valence-corrected chi connectivity index (χ2v) is 7.28. The van der Waals surface area contributed by atoms with Crippen molar-refractivity contribution in [3.63, 3.8) is 0 Å². The van der Waals surface area contributed by atoms with Crippen LogP contribution in [0.5, 0.6) is 0 Å². The van der Waals surface area contributed by atoms with Crippen LogP contribution in [0.15, 0.2) is 27.8 Å². The van der Waals surface area contributed by atoms with Crippen molar-refractivity contribution < 1.29 is 14.1 Å². The molecule has 1 heterocycles. The average molecular weight is 376 g/mol. The lowest BCUT2D eigenvalue weighted by molar-refractivity contribution is -0.384. The standard InChI is InChI=1S/C17H20N4O4S/c1-11-7-8-13(14(9-11)21(23)24)18-15(22)10-26-17-20-19-16(25-17)12-5-3-2-4-6-12/h7-9,12H,2-6,10H2,1H3,(H,18,22). The zero-order valence-electron chi connectivity index (χ0n) is 14.4. The first-order chi connectivity index (χ1) is 12.5. The Morgan fingerprint density at radius 1 is 1.35 bits per heavy atom. The lowest BCUT2D eigenvalue weighted by Crippen LogP contribution is -2.15. The summed E-state index contributed by atoms with van der Waals surface area (Å²) in [6.45, 7) is 1.76. The molecule has 3 rings (SSSR count). The van der Waals surface area contributed by atoms with E-state index in [-0.39, 0.29) is 23.0 Å². The van der Waals surface area contributed by atoms with Gasteiger partial charge in [-0.3, -0.25) is 14.9 Å². The van der Waals surface area contributed by atoms with Gasteiger partial charge in [0.15, 0.2) is 0 Å². The van der Waals surface area contributed by atoms with Crippen molar-refractivity contribution in [2.24, 2.45) is 0 Å². The van der Waals surface area contributed by atoms with Crippen LogP contribution in [-0.2, 0) is 4.79 Å². The molecule has 0 aliphatic heterocycles. The number of aryl methyl sites for hydroxylation is 1. The molecule has 0 atom stereocenters. The molecule has 0 bridgehead atoms. The minimum Gasteiger partial charge on any atom is -0.416 e. The van der Waals surface area contributed by atoms with E-state index in [4.69, 9.17) is 4.42 Å². The highest BCUT2D eigenvalue weighted by atomic mass is 32.2. The van der Waals surface area contributed by atoms with Crippen LogP contribution in [0, 0.1) is 17.0 Å². The fourth-order valence-corrected chi connectivity index (χ4v) is 3.57. The van der Waals surface area contributed by atoms with Crippen molar-refractivity contribution >= 4 is 29.0 Å². The van der Waals surface area contributed by atoms with Crippen molar-refractivity contribution in [2.45, 2.75) is 50.2 Å². The third kappa shape index (κ3) is 4.60. The van der Waals surface area contributed by atoms with Gasteiger partial charge in [-0.05, 0) is 31.4 Å². The summed E-state index contributed by atoms with van der Waals surface area (Å²) in [5, 5.41) is 22.1. The van der Waals surface area contributed by atoms with Crippen LogP contribution in [-0.4, -0.2) is 26.8 Å². The van der Waals surface area contributed by atoms with Gasteiger partial charge in [-0.1, -0.05) is 37.1 Å². The maximum absolute atomic E-state index is 12.1. The molecule has 0 spiro atoms. The molecule has 0 unspecified atom stereocenters. The van der Waals surface area contributed by atoms with Crippen LogP contribution in [0.4, 0.5) is 11.4 Å². The van der Waals surface area contributed by atoms with Crippen LogP contribution in [0.2, 0.25) is 0 Å². The molecule has 9 heteroatoms. The van der Waals surface area contributed by atoms with Crippen molar-refractivity contribution in [3.05, 3.63) is 39.8 Å². The van der Waals surface area contributed by atoms with Gasteiger partial charge < -0.3 is 9.73 Å². The van der Waals surface area contributed by atoms with Gasteiger partial charge in [0.1, 0.15) is 5.69 Å². The molecule has 26 heavy (non-hydrogen) atoms. The molecule has 1 fully saturated rings. The number of amides is 1. The Morgan fingerprint density at radius 3 is 2.85 bits per heavy atom. The Kier molecular flexibility index (Phi) is 5.87. The first-order valence-corrected chi connectivity index (χ1v) is 9.52. The molecule has 1 amide bonds. The number of nitro groups is 1. The number of anilines is 1. The van der Waals surface area contributed by atoms with E-state index in [1.165, 1.54) is 31.4 Å². The third-order valence-corrected chi connectivity index (χ3v) is 5.15. The number of nitro benzene ring substituents is 1. The lowest BCUT2D eigenvalue weighted by atomic mass is 9.89. The van der Waals surface area contributed by atoms with Crippen LogP contribution in [0.1, 0.15) is 49.5 Å². The van der Waals surface area contributed by atoms with E-state index in [9.17, 15) is 14.9 Å². The molecule has 0 radical (unpaired) electrons. The molecular formula is C17H20N4O4S. The molecule has 1 saturated carbocycles. The normalized spacial score (nSPS) is 15.0. The van der Waals surface area contributed by atoms with Gasteiger partial charge in [0, 0.05) is 12.0 Å². The van der Waals surface area contributed by atoms with E-state index in [0.717, 1.165) is 30.2 Å². The maximum Gasteiger partial charge on any atom is 0.293 e. The van der Waals surface area contributed by atoms with Gasteiger partial charge in [0.25, 0.3) is 10.9 Å². The van der Waals surface area contributed by atoms with Gasteiger partial charge in [0.2, 0.25) is 11.8 Å². The second-order valence-electron chi connectivity index (χ2n) is 6.36. The number of nitrogens with zero attached hydrogens (tertiary/aromatic N) is 3. The average Bonchev–Trinajstić information content (AvgIpc) is 3.11. The summed E-state index contributed by atoms with van der Waals surface area (Å²) < 4.78 is 5.65. The quantitative estimate of drug-likeness (QED) is 0.459. The molecular weight excluding hydrogens is 356 g/mol. The summed E-state index contributed by atoms with van der Waals surface area (Å²) in [4.78, 5) is 22.7. The van der Waals surface area contributed by atoms with E-state index in [2.05, 4.69) is 15.5 Å². The van der Waals surface area contributed by atoms with Crippen LogP contribution >= 0.6 is 11.8 Å². The largest absolute Gasteiger partial charge is 0.416 e. The number of benzene rings is 1. The first kappa shape index (κ1) is 18.4. The van der Waals surface area contributed by atoms with Gasteiger partial charge in [-0.15, -0.1) is 10.2 Å². The zero-order valence-corrected chi connectivity index (χ0v) is 15.3. The fraction of sp³-hybridized carbons (Fsp3) is 0.471. The van der Waals surface area contributed by atoms with Gasteiger partial charge >= 0.3 is 0 Å². The lowest BCUT2D eigenvalue weighted by Gasteiger charge is -2.17. The van der Waals surface area contributed by atoms with Crippen molar-refractivity contribution in [1.29, 1.82) is 0 Å². The number of thioether (sulfide) groups is 1. The smallest absolute Gasteiger partial charge is 0.293 e. The second kappa shape index (κ2) is 8.31. The molecule has 1 aromatic carbocycles. The highest BCUT2D eigenvalue weighted by molar-refractivity contribution is 7.99. The van der Waals surface area contributed by atoms with Crippen molar-refractivity contribution in [1.82, 2.24) is 10.2 Å². The van der Waals surface area contributed by atoms with E-state index in [0.29, 0.717) is 17.0 Å². The highest BCUT2D eigenvalue weighted by Crippen LogP contribution is 2.33. The Bertz CT molecular complexity index is 802. The summed E-state index contributed by atoms with van der Waals surface area (Å²) in [5.41, 5.74) is 0.811. The first-order valence-electron chi connectivity index (χ1n) is 8.54. The van der Waals surface area contributed by atoms with E-state index < -0.39 is 4.92 Å². The minimum atomic E-state index is -0.510. The number of carbonyl (C=O) groups is 1. The number of hydrogen-bond acceptors (Lipinski definition) is 7. The van der Waals surface area contributed by atoms with Gasteiger partial charge in [-0.25, -0.2) is 0 Å². The number of nitrogens with one attached hydrogen (secondary N) is 1. The third-order valence-electron chi connectivity index (χ3n) is 4.33. The monoisotopic (exact) mass is 376 g/mol. The summed E-state index contributed by atoms with van der Waals surface area (Å²) in [5.74, 6) is 0.632. The predicted octanol–water partition coefficient (Wildman–Crippen LogP) is 4.06. The van der Waals surface area contributed by atoms with E-state index in [1.54, 1.807) is 13.0 Å². The molecule has 1 aliphatic carbocycles. The molecule has 1 aromatic heterocycles. The molecule has 2 aromatic rings. The Labute approximate surface area is 154 Å².